The Bertz CT molecular complexity index is 700. The van der Waals surface area contributed by atoms with Crippen LogP contribution in [0.1, 0.15) is 0 Å². The van der Waals surface area contributed by atoms with Crippen LogP contribution in [0.5, 0.6) is 5.75 Å². The third-order valence-corrected chi connectivity index (χ3v) is 3.02. The maximum Gasteiger partial charge on any atom is 0.124 e. The lowest BCUT2D eigenvalue weighted by molar-refractivity contribution is 0.363. The average Bonchev–Trinajstić information content (AvgIpc) is 2.61. The lowest BCUT2D eigenvalue weighted by atomic mass is 10.2. The fraction of sp³-hybridized carbons (Fsp3) is 0.0556. The highest BCUT2D eigenvalue weighted by Crippen LogP contribution is 2.26. The zero-order valence-electron chi connectivity index (χ0n) is 12.0. The van der Waals surface area contributed by atoms with Crippen molar-refractivity contribution in [2.45, 2.75) is 0 Å². The van der Waals surface area contributed by atoms with E-state index in [1.165, 1.54) is 0 Å². The van der Waals surface area contributed by atoms with Crippen LogP contribution in [0, 0.1) is 0 Å². The smallest absolute Gasteiger partial charge is 0.124 e. The van der Waals surface area contributed by atoms with Crippen molar-refractivity contribution in [3.63, 3.8) is 0 Å². The molecule has 0 spiro atoms. The van der Waals surface area contributed by atoms with Crippen LogP contribution in [-0.4, -0.2) is 21.6 Å². The molecule has 3 heterocycles. The molecular weight excluding hydrogens is 274 g/mol. The second-order valence-electron chi connectivity index (χ2n) is 4.60. The minimum Gasteiger partial charge on any atom is -0.489 e. The van der Waals surface area contributed by atoms with Gasteiger partial charge in [-0.25, -0.2) is 4.98 Å². The van der Waals surface area contributed by atoms with Crippen molar-refractivity contribution in [3.8, 4) is 28.5 Å². The number of pyridine rings is 3. The van der Waals surface area contributed by atoms with Gasteiger partial charge in [-0.15, -0.1) is 0 Å². The minimum atomic E-state index is 0.438. The molecule has 108 valence electrons. The van der Waals surface area contributed by atoms with E-state index in [4.69, 9.17) is 4.74 Å². The normalized spacial score (nSPS) is 10.2. The summed E-state index contributed by atoms with van der Waals surface area (Å²) in [5.41, 5.74) is 3.10. The summed E-state index contributed by atoms with van der Waals surface area (Å²) in [5, 5.41) is 0. The molecule has 3 aromatic rings. The second-order valence-corrected chi connectivity index (χ2v) is 4.60. The third kappa shape index (κ3) is 3.17. The van der Waals surface area contributed by atoms with Crippen molar-refractivity contribution in [1.29, 1.82) is 0 Å². The van der Waals surface area contributed by atoms with Gasteiger partial charge in [0.25, 0.3) is 0 Å². The molecule has 0 N–H and O–H groups in total. The Morgan fingerprint density at radius 3 is 1.91 bits per heavy atom. The van der Waals surface area contributed by atoms with Crippen molar-refractivity contribution in [1.82, 2.24) is 15.0 Å². The first-order valence-electron chi connectivity index (χ1n) is 6.95. The number of hydrogen-bond acceptors (Lipinski definition) is 4. The summed E-state index contributed by atoms with van der Waals surface area (Å²) in [4.78, 5) is 13.3. The SMILES string of the molecule is C=CCOc1cc(-c2ccccn2)nc(-c2ccccn2)c1. The first-order chi connectivity index (χ1) is 10.9. The van der Waals surface area contributed by atoms with Gasteiger partial charge < -0.3 is 4.74 Å². The fourth-order valence-electron chi connectivity index (χ4n) is 2.03. The monoisotopic (exact) mass is 289 g/mol. The van der Waals surface area contributed by atoms with Gasteiger partial charge >= 0.3 is 0 Å². The average molecular weight is 289 g/mol. The molecule has 0 aliphatic rings. The van der Waals surface area contributed by atoms with Crippen molar-refractivity contribution >= 4 is 0 Å². The van der Waals surface area contributed by atoms with E-state index in [-0.39, 0.29) is 0 Å². The quantitative estimate of drug-likeness (QED) is 0.671. The van der Waals surface area contributed by atoms with Crippen LogP contribution in [0.25, 0.3) is 22.8 Å². The molecule has 0 saturated heterocycles. The Labute approximate surface area is 129 Å². The van der Waals surface area contributed by atoms with E-state index < -0.39 is 0 Å². The summed E-state index contributed by atoms with van der Waals surface area (Å²) >= 11 is 0. The molecule has 0 aliphatic heterocycles. The van der Waals surface area contributed by atoms with E-state index in [0.717, 1.165) is 28.5 Å². The lowest BCUT2D eigenvalue weighted by Gasteiger charge is -2.09. The second kappa shape index (κ2) is 6.63. The zero-order valence-corrected chi connectivity index (χ0v) is 12.0. The van der Waals surface area contributed by atoms with Gasteiger partial charge in [-0.2, -0.15) is 0 Å². The number of hydrogen-bond donors (Lipinski definition) is 0. The van der Waals surface area contributed by atoms with E-state index in [1.54, 1.807) is 18.5 Å². The van der Waals surface area contributed by atoms with E-state index >= 15 is 0 Å². The first-order valence-corrected chi connectivity index (χ1v) is 6.95. The standard InChI is InChI=1S/C18H15N3O/c1-2-11-22-14-12-17(15-7-3-5-9-19-15)21-18(13-14)16-8-4-6-10-20-16/h2-10,12-13H,1,11H2. The van der Waals surface area contributed by atoms with Crippen LogP contribution in [0.15, 0.2) is 73.6 Å². The van der Waals surface area contributed by atoms with Crippen LogP contribution in [0.4, 0.5) is 0 Å². The van der Waals surface area contributed by atoms with Gasteiger partial charge in [0, 0.05) is 24.5 Å². The first kappa shape index (κ1) is 13.9. The molecule has 0 aromatic carbocycles. The number of aromatic nitrogens is 3. The molecule has 0 amide bonds. The Morgan fingerprint density at radius 1 is 0.864 bits per heavy atom. The van der Waals surface area contributed by atoms with E-state index in [2.05, 4.69) is 21.5 Å². The topological polar surface area (TPSA) is 47.9 Å². The maximum absolute atomic E-state index is 5.67. The highest BCUT2D eigenvalue weighted by Gasteiger charge is 2.09. The molecule has 22 heavy (non-hydrogen) atoms. The highest BCUT2D eigenvalue weighted by atomic mass is 16.5. The molecule has 4 nitrogen and oxygen atoms in total. The largest absolute Gasteiger partial charge is 0.489 e. The van der Waals surface area contributed by atoms with E-state index in [9.17, 15) is 0 Å². The van der Waals surface area contributed by atoms with Crippen LogP contribution >= 0.6 is 0 Å². The van der Waals surface area contributed by atoms with Crippen molar-refractivity contribution in [2.75, 3.05) is 6.61 Å². The van der Waals surface area contributed by atoms with Crippen molar-refractivity contribution in [3.05, 3.63) is 73.6 Å². The highest BCUT2D eigenvalue weighted by molar-refractivity contribution is 5.64. The molecular formula is C18H15N3O. The summed E-state index contributed by atoms with van der Waals surface area (Å²) in [5.74, 6) is 0.719. The Morgan fingerprint density at radius 2 is 1.45 bits per heavy atom. The van der Waals surface area contributed by atoms with Gasteiger partial charge in [0.2, 0.25) is 0 Å². The summed E-state index contributed by atoms with van der Waals surface area (Å²) in [6, 6.07) is 15.2. The molecule has 4 heteroatoms. The predicted molar refractivity (Wildman–Crippen MR) is 86.4 cm³/mol. The fourth-order valence-corrected chi connectivity index (χ4v) is 2.03. The Hall–Kier alpha value is -3.01. The molecule has 0 fully saturated rings. The predicted octanol–water partition coefficient (Wildman–Crippen LogP) is 3.77. The molecule has 0 unspecified atom stereocenters. The summed E-state index contributed by atoms with van der Waals surface area (Å²) < 4.78 is 5.67. The minimum absolute atomic E-state index is 0.438. The van der Waals surface area contributed by atoms with Gasteiger partial charge in [-0.1, -0.05) is 24.8 Å². The van der Waals surface area contributed by atoms with Gasteiger partial charge in [0.05, 0.1) is 22.8 Å². The molecule has 0 aliphatic carbocycles. The lowest BCUT2D eigenvalue weighted by Crippen LogP contribution is -1.97. The summed E-state index contributed by atoms with van der Waals surface area (Å²) in [6.07, 6.45) is 5.20. The maximum atomic E-state index is 5.67. The Kier molecular flexibility index (Phi) is 4.20. The molecule has 0 radical (unpaired) electrons. The molecule has 3 aromatic heterocycles. The third-order valence-electron chi connectivity index (χ3n) is 3.02. The molecule has 3 rings (SSSR count). The molecule has 0 saturated carbocycles. The number of nitrogens with zero attached hydrogens (tertiary/aromatic N) is 3. The van der Waals surface area contributed by atoms with Crippen LogP contribution in [-0.2, 0) is 0 Å². The van der Waals surface area contributed by atoms with Crippen LogP contribution < -0.4 is 4.74 Å². The van der Waals surface area contributed by atoms with Crippen molar-refractivity contribution < 1.29 is 4.74 Å². The van der Waals surface area contributed by atoms with E-state index in [1.807, 2.05) is 48.5 Å². The molecule has 0 bridgehead atoms. The van der Waals surface area contributed by atoms with E-state index in [0.29, 0.717) is 6.61 Å². The number of rotatable bonds is 5. The van der Waals surface area contributed by atoms with Crippen molar-refractivity contribution in [2.24, 2.45) is 0 Å². The van der Waals surface area contributed by atoms with Gasteiger partial charge in [-0.3, -0.25) is 9.97 Å². The molecule has 0 atom stereocenters. The van der Waals surface area contributed by atoms with Gasteiger partial charge in [-0.05, 0) is 24.3 Å². The van der Waals surface area contributed by atoms with Gasteiger partial charge in [0.1, 0.15) is 12.4 Å². The van der Waals surface area contributed by atoms with Gasteiger partial charge in [0.15, 0.2) is 0 Å². The summed E-state index contributed by atoms with van der Waals surface area (Å²) in [6.45, 7) is 4.11. The zero-order chi connectivity index (χ0) is 15.2. The van der Waals surface area contributed by atoms with Crippen LogP contribution in [0.2, 0.25) is 0 Å². The summed E-state index contributed by atoms with van der Waals surface area (Å²) in [7, 11) is 0. The Balaban J connectivity index is 2.08. The van der Waals surface area contributed by atoms with Crippen LogP contribution in [0.3, 0.4) is 0 Å². The number of ether oxygens (including phenoxy) is 1.